The van der Waals surface area contributed by atoms with E-state index in [2.05, 4.69) is 11.1 Å². The van der Waals surface area contributed by atoms with Gasteiger partial charge in [-0.1, -0.05) is 42.5 Å². The average molecular weight is 344 g/mol. The number of hydrogen-bond acceptors (Lipinski definition) is 3. The Kier molecular flexibility index (Phi) is 4.50. The first-order valence-corrected chi connectivity index (χ1v) is 8.81. The van der Waals surface area contributed by atoms with Crippen molar-refractivity contribution in [2.75, 3.05) is 11.4 Å². The molecule has 4 rings (SSSR count). The van der Waals surface area contributed by atoms with Crippen LogP contribution in [0.4, 0.5) is 5.69 Å². The topological polar surface area (TPSA) is 53.4 Å². The molecule has 0 saturated heterocycles. The number of carbonyl (C=O) groups is 1. The highest BCUT2D eigenvalue weighted by molar-refractivity contribution is 6.07. The van der Waals surface area contributed by atoms with Crippen LogP contribution >= 0.6 is 0 Å². The molecule has 2 aromatic carbocycles. The second-order valence-electron chi connectivity index (χ2n) is 6.51. The smallest absolute Gasteiger partial charge is 0.259 e. The Hall–Kier alpha value is -2.98. The van der Waals surface area contributed by atoms with Crippen molar-refractivity contribution in [1.29, 1.82) is 0 Å². The zero-order valence-electron chi connectivity index (χ0n) is 14.4. The lowest BCUT2D eigenvalue weighted by Crippen LogP contribution is -2.35. The molecule has 1 aliphatic heterocycles. The van der Waals surface area contributed by atoms with Gasteiger partial charge in [0.25, 0.3) is 5.91 Å². The predicted molar refractivity (Wildman–Crippen MR) is 102 cm³/mol. The van der Waals surface area contributed by atoms with Gasteiger partial charge in [0.05, 0.1) is 12.2 Å². The third kappa shape index (κ3) is 3.11. The Balaban J connectivity index is 1.65. The molecule has 0 radical (unpaired) electrons. The molecule has 1 aliphatic rings. The van der Waals surface area contributed by atoms with Crippen LogP contribution in [0.3, 0.4) is 0 Å². The van der Waals surface area contributed by atoms with E-state index < -0.39 is 0 Å². The fourth-order valence-corrected chi connectivity index (χ4v) is 3.42. The Labute approximate surface area is 152 Å². The normalized spacial score (nSPS) is 13.3. The minimum absolute atomic E-state index is 0.0153. The van der Waals surface area contributed by atoms with Gasteiger partial charge in [0.2, 0.25) is 0 Å². The summed E-state index contributed by atoms with van der Waals surface area (Å²) in [6.45, 7) is 0.747. The zero-order valence-corrected chi connectivity index (χ0v) is 14.4. The molecule has 0 spiro atoms. The summed E-state index contributed by atoms with van der Waals surface area (Å²) in [5, 5.41) is 9.18. The van der Waals surface area contributed by atoms with Crippen LogP contribution in [0.25, 0.3) is 11.1 Å². The lowest BCUT2D eigenvalue weighted by atomic mass is 10.00. The van der Waals surface area contributed by atoms with E-state index in [0.29, 0.717) is 5.56 Å². The van der Waals surface area contributed by atoms with Gasteiger partial charge in [-0.2, -0.15) is 0 Å². The molecule has 0 bridgehead atoms. The van der Waals surface area contributed by atoms with Gasteiger partial charge in [0.1, 0.15) is 0 Å². The van der Waals surface area contributed by atoms with Gasteiger partial charge in [0, 0.05) is 30.2 Å². The van der Waals surface area contributed by atoms with Crippen LogP contribution in [0.5, 0.6) is 0 Å². The quantitative estimate of drug-likeness (QED) is 0.785. The van der Waals surface area contributed by atoms with Gasteiger partial charge in [-0.05, 0) is 41.7 Å². The van der Waals surface area contributed by atoms with Gasteiger partial charge < -0.3 is 10.0 Å². The number of aryl methyl sites for hydroxylation is 1. The minimum atomic E-state index is -0.0153. The number of carbonyl (C=O) groups excluding carboxylic acids is 1. The number of aliphatic hydroxyl groups is 1. The summed E-state index contributed by atoms with van der Waals surface area (Å²) >= 11 is 0. The number of amides is 1. The molecule has 4 heteroatoms. The van der Waals surface area contributed by atoms with Gasteiger partial charge >= 0.3 is 0 Å². The first-order valence-electron chi connectivity index (χ1n) is 8.81. The van der Waals surface area contributed by atoms with Crippen LogP contribution in [0, 0.1) is 0 Å². The number of pyridine rings is 1. The molecule has 3 aromatic rings. The molecular formula is C22H20N2O2. The molecule has 0 atom stereocenters. The van der Waals surface area contributed by atoms with Crippen LogP contribution in [0.15, 0.2) is 67.0 Å². The number of anilines is 1. The molecule has 1 amide bonds. The second-order valence-corrected chi connectivity index (χ2v) is 6.51. The van der Waals surface area contributed by atoms with Crippen molar-refractivity contribution in [3.63, 3.8) is 0 Å². The van der Waals surface area contributed by atoms with Crippen LogP contribution in [0.1, 0.15) is 27.9 Å². The Morgan fingerprint density at radius 3 is 2.65 bits per heavy atom. The van der Waals surface area contributed by atoms with Crippen LogP contribution < -0.4 is 4.90 Å². The van der Waals surface area contributed by atoms with E-state index in [0.717, 1.165) is 41.8 Å². The summed E-state index contributed by atoms with van der Waals surface area (Å²) in [7, 11) is 0. The van der Waals surface area contributed by atoms with Gasteiger partial charge in [-0.3, -0.25) is 9.78 Å². The number of fused-ring (bicyclic) bond motifs is 1. The van der Waals surface area contributed by atoms with Crippen LogP contribution in [-0.4, -0.2) is 22.5 Å². The van der Waals surface area contributed by atoms with Gasteiger partial charge in [-0.25, -0.2) is 0 Å². The molecule has 26 heavy (non-hydrogen) atoms. The lowest BCUT2D eigenvalue weighted by molar-refractivity contribution is 0.0985. The van der Waals surface area contributed by atoms with E-state index >= 15 is 0 Å². The Bertz CT molecular complexity index is 935. The number of nitrogens with zero attached hydrogens (tertiary/aromatic N) is 2. The van der Waals surface area contributed by atoms with Gasteiger partial charge in [0.15, 0.2) is 0 Å². The van der Waals surface area contributed by atoms with Crippen molar-refractivity contribution in [1.82, 2.24) is 4.98 Å². The summed E-state index contributed by atoms with van der Waals surface area (Å²) in [5.74, 6) is -0.0153. The Morgan fingerprint density at radius 2 is 1.85 bits per heavy atom. The van der Waals surface area contributed by atoms with Gasteiger partial charge in [-0.15, -0.1) is 0 Å². The molecule has 1 N–H and O–H groups in total. The first kappa shape index (κ1) is 16.5. The summed E-state index contributed by atoms with van der Waals surface area (Å²) in [5.41, 5.74) is 5.54. The molecule has 0 saturated carbocycles. The summed E-state index contributed by atoms with van der Waals surface area (Å²) in [6, 6.07) is 17.6. The highest BCUT2D eigenvalue weighted by atomic mass is 16.3. The van der Waals surface area contributed by atoms with Crippen molar-refractivity contribution in [2.24, 2.45) is 0 Å². The largest absolute Gasteiger partial charge is 0.392 e. The van der Waals surface area contributed by atoms with Crippen molar-refractivity contribution >= 4 is 11.6 Å². The predicted octanol–water partition coefficient (Wildman–Crippen LogP) is 3.83. The van der Waals surface area contributed by atoms with Crippen molar-refractivity contribution in [2.45, 2.75) is 19.4 Å². The average Bonchev–Trinajstić information content (AvgIpc) is 2.73. The summed E-state index contributed by atoms with van der Waals surface area (Å²) < 4.78 is 0. The molecule has 0 unspecified atom stereocenters. The third-order valence-electron chi connectivity index (χ3n) is 4.81. The van der Waals surface area contributed by atoms with E-state index in [1.165, 1.54) is 5.56 Å². The van der Waals surface area contributed by atoms with Crippen LogP contribution in [0.2, 0.25) is 0 Å². The maximum Gasteiger partial charge on any atom is 0.259 e. The standard InChI is InChI=1S/C22H20N2O2/c25-15-16-7-9-17(10-8-16)19-12-20(14-23-13-19)22(26)24-11-3-5-18-4-1-2-6-21(18)24/h1-2,4,6-10,12-14,25H,3,5,11,15H2. The molecule has 130 valence electrons. The van der Waals surface area contributed by atoms with E-state index in [1.54, 1.807) is 12.4 Å². The zero-order chi connectivity index (χ0) is 17.9. The van der Waals surface area contributed by atoms with Crippen molar-refractivity contribution in [3.05, 3.63) is 83.7 Å². The summed E-state index contributed by atoms with van der Waals surface area (Å²) in [4.78, 5) is 19.2. The number of rotatable bonds is 3. The summed E-state index contributed by atoms with van der Waals surface area (Å²) in [6.07, 6.45) is 5.37. The van der Waals surface area contributed by atoms with E-state index in [1.807, 2.05) is 53.4 Å². The van der Waals surface area contributed by atoms with Crippen molar-refractivity contribution < 1.29 is 9.90 Å². The van der Waals surface area contributed by atoms with E-state index in [-0.39, 0.29) is 12.5 Å². The van der Waals surface area contributed by atoms with E-state index in [9.17, 15) is 9.90 Å². The van der Waals surface area contributed by atoms with Crippen molar-refractivity contribution in [3.8, 4) is 11.1 Å². The fraction of sp³-hybridized carbons (Fsp3) is 0.182. The molecule has 2 heterocycles. The number of aromatic nitrogens is 1. The fourth-order valence-electron chi connectivity index (χ4n) is 3.42. The molecule has 0 fully saturated rings. The van der Waals surface area contributed by atoms with Crippen LogP contribution in [-0.2, 0) is 13.0 Å². The highest BCUT2D eigenvalue weighted by Crippen LogP contribution is 2.29. The monoisotopic (exact) mass is 344 g/mol. The molecule has 0 aliphatic carbocycles. The second kappa shape index (κ2) is 7.10. The SMILES string of the molecule is O=C(c1cncc(-c2ccc(CO)cc2)c1)N1CCCc2ccccc21. The first-order chi connectivity index (χ1) is 12.8. The number of benzene rings is 2. The third-order valence-corrected chi connectivity index (χ3v) is 4.81. The maximum atomic E-state index is 13.1. The Morgan fingerprint density at radius 1 is 1.04 bits per heavy atom. The number of hydrogen-bond donors (Lipinski definition) is 1. The van der Waals surface area contributed by atoms with E-state index in [4.69, 9.17) is 0 Å². The molecular weight excluding hydrogens is 324 g/mol. The number of para-hydroxylation sites is 1. The molecule has 1 aromatic heterocycles. The highest BCUT2D eigenvalue weighted by Gasteiger charge is 2.23. The lowest BCUT2D eigenvalue weighted by Gasteiger charge is -2.29. The number of aliphatic hydroxyl groups excluding tert-OH is 1. The maximum absolute atomic E-state index is 13.1. The molecule has 4 nitrogen and oxygen atoms in total. The minimum Gasteiger partial charge on any atom is -0.392 e.